The first-order chi connectivity index (χ1) is 14.1. The summed E-state index contributed by atoms with van der Waals surface area (Å²) in [4.78, 5) is 12.8. The lowest BCUT2D eigenvalue weighted by atomic mass is 9.99. The molecule has 162 valence electrons. The molecule has 1 saturated heterocycles. The van der Waals surface area contributed by atoms with Crippen LogP contribution in [0.15, 0.2) is 62.8 Å². The van der Waals surface area contributed by atoms with Crippen LogP contribution in [0.1, 0.15) is 18.4 Å². The van der Waals surface area contributed by atoms with Crippen molar-refractivity contribution in [1.29, 1.82) is 0 Å². The molecule has 0 aromatic heterocycles. The molecule has 0 bridgehead atoms. The zero-order valence-electron chi connectivity index (χ0n) is 16.0. The van der Waals surface area contributed by atoms with Gasteiger partial charge in [0.05, 0.1) is 15.7 Å². The van der Waals surface area contributed by atoms with Crippen molar-refractivity contribution in [3.8, 4) is 0 Å². The largest absolute Gasteiger partial charge is 0.352 e. The fourth-order valence-corrected chi connectivity index (χ4v) is 5.56. The van der Waals surface area contributed by atoms with Crippen molar-refractivity contribution in [3.63, 3.8) is 0 Å². The molecule has 1 heterocycles. The van der Waals surface area contributed by atoms with E-state index >= 15 is 0 Å². The summed E-state index contributed by atoms with van der Waals surface area (Å²) in [6.45, 7) is 0.700. The van der Waals surface area contributed by atoms with E-state index in [2.05, 4.69) is 21.2 Å². The summed E-state index contributed by atoms with van der Waals surface area (Å²) >= 11 is 3.29. The Morgan fingerprint density at radius 1 is 1.03 bits per heavy atom. The van der Waals surface area contributed by atoms with E-state index in [0.29, 0.717) is 24.9 Å². The Labute approximate surface area is 184 Å². The number of hydrogen-bond donors (Lipinski definition) is 2. The lowest BCUT2D eigenvalue weighted by molar-refractivity contribution is -0.126. The molecule has 1 atom stereocenters. The van der Waals surface area contributed by atoms with Gasteiger partial charge >= 0.3 is 0 Å². The first-order valence-corrected chi connectivity index (χ1v) is 13.0. The predicted octanol–water partition coefficient (Wildman–Crippen LogP) is 1.81. The Morgan fingerprint density at radius 2 is 1.63 bits per heavy atom. The van der Waals surface area contributed by atoms with Gasteiger partial charge in [-0.2, -0.15) is 4.31 Å². The van der Waals surface area contributed by atoms with Crippen molar-refractivity contribution < 1.29 is 21.6 Å². The molecule has 1 aliphatic rings. The van der Waals surface area contributed by atoms with E-state index in [-0.39, 0.29) is 28.8 Å². The molecule has 8 nitrogen and oxygen atoms in total. The Bertz CT molecular complexity index is 1120. The summed E-state index contributed by atoms with van der Waals surface area (Å²) < 4.78 is 50.5. The highest BCUT2D eigenvalue weighted by Gasteiger charge is 2.33. The monoisotopic (exact) mass is 515 g/mol. The standard InChI is InChI=1S/C19H22BrN3O5S2/c20-16-5-9-18(10-6-16)30(27,28)23-11-1-2-15(13-23)19(24)22-12-14-3-7-17(8-4-14)29(21,25)26/h3-10,15H,1-2,11-13H2,(H,22,24)(H2,21,25,26)/t15-/m1/s1. The molecule has 3 rings (SSSR count). The molecule has 30 heavy (non-hydrogen) atoms. The maximum atomic E-state index is 12.9. The summed E-state index contributed by atoms with van der Waals surface area (Å²) in [6, 6.07) is 12.3. The first kappa shape index (κ1) is 22.9. The number of sulfonamides is 2. The quantitative estimate of drug-likeness (QED) is 0.606. The van der Waals surface area contributed by atoms with Gasteiger partial charge in [-0.15, -0.1) is 0 Å². The number of carbonyl (C=O) groups is 1. The number of nitrogens with zero attached hydrogens (tertiary/aromatic N) is 1. The minimum atomic E-state index is -3.77. The lowest BCUT2D eigenvalue weighted by Crippen LogP contribution is -2.45. The zero-order chi connectivity index (χ0) is 21.9. The van der Waals surface area contributed by atoms with E-state index in [1.807, 2.05) is 0 Å². The van der Waals surface area contributed by atoms with Crippen molar-refractivity contribution >= 4 is 41.9 Å². The van der Waals surface area contributed by atoms with Crippen molar-refractivity contribution in [2.75, 3.05) is 13.1 Å². The molecule has 0 unspecified atom stereocenters. The van der Waals surface area contributed by atoms with Crippen LogP contribution in [0.5, 0.6) is 0 Å². The molecule has 0 spiro atoms. The van der Waals surface area contributed by atoms with Crippen LogP contribution < -0.4 is 10.5 Å². The van der Waals surface area contributed by atoms with Gasteiger partial charge in [-0.1, -0.05) is 28.1 Å². The van der Waals surface area contributed by atoms with E-state index in [1.54, 1.807) is 24.3 Å². The summed E-state index contributed by atoms with van der Waals surface area (Å²) in [5.41, 5.74) is 0.714. The molecule has 0 aliphatic carbocycles. The molecule has 2 aromatic carbocycles. The Morgan fingerprint density at radius 3 is 2.23 bits per heavy atom. The highest BCUT2D eigenvalue weighted by atomic mass is 79.9. The van der Waals surface area contributed by atoms with Crippen LogP contribution in [-0.2, 0) is 31.4 Å². The second kappa shape index (κ2) is 9.15. The normalized spacial score (nSPS) is 18.1. The van der Waals surface area contributed by atoms with Crippen molar-refractivity contribution in [1.82, 2.24) is 9.62 Å². The maximum absolute atomic E-state index is 12.9. The number of nitrogens with two attached hydrogens (primary N) is 1. The molecular formula is C19H22BrN3O5S2. The number of primary sulfonamides is 1. The van der Waals surface area contributed by atoms with Crippen molar-refractivity contribution in [3.05, 3.63) is 58.6 Å². The Kier molecular flexibility index (Phi) is 6.98. The fourth-order valence-electron chi connectivity index (χ4n) is 3.26. The lowest BCUT2D eigenvalue weighted by Gasteiger charge is -2.31. The van der Waals surface area contributed by atoms with Crippen molar-refractivity contribution in [2.24, 2.45) is 11.1 Å². The average Bonchev–Trinajstić information content (AvgIpc) is 2.72. The minimum absolute atomic E-state index is 0.00125. The SMILES string of the molecule is NS(=O)(=O)c1ccc(CNC(=O)[C@@H]2CCCN(S(=O)(=O)c3ccc(Br)cc3)C2)cc1. The Hall–Kier alpha value is -1.79. The number of nitrogens with one attached hydrogen (secondary N) is 1. The number of rotatable bonds is 6. The van der Waals surface area contributed by atoms with Gasteiger partial charge < -0.3 is 5.32 Å². The highest BCUT2D eigenvalue weighted by Crippen LogP contribution is 2.25. The van der Waals surface area contributed by atoms with E-state index in [4.69, 9.17) is 5.14 Å². The zero-order valence-corrected chi connectivity index (χ0v) is 19.2. The second-order valence-electron chi connectivity index (χ2n) is 7.06. The first-order valence-electron chi connectivity index (χ1n) is 9.22. The molecule has 0 radical (unpaired) electrons. The minimum Gasteiger partial charge on any atom is -0.352 e. The fraction of sp³-hybridized carbons (Fsp3) is 0.316. The molecule has 0 saturated carbocycles. The van der Waals surface area contributed by atoms with Gasteiger partial charge in [-0.05, 0) is 54.8 Å². The van der Waals surface area contributed by atoms with E-state index < -0.39 is 26.0 Å². The third-order valence-electron chi connectivity index (χ3n) is 4.92. The van der Waals surface area contributed by atoms with Crippen LogP contribution in [0.25, 0.3) is 0 Å². The summed E-state index contributed by atoms with van der Waals surface area (Å²) in [6.07, 6.45) is 1.19. The molecule has 1 amide bonds. The number of hydrogen-bond acceptors (Lipinski definition) is 5. The third-order valence-corrected chi connectivity index (χ3v) is 8.26. The molecule has 1 aliphatic heterocycles. The number of amides is 1. The maximum Gasteiger partial charge on any atom is 0.243 e. The van der Waals surface area contributed by atoms with Gasteiger partial charge in [0.1, 0.15) is 0 Å². The third kappa shape index (κ3) is 5.46. The molecular weight excluding hydrogens is 494 g/mol. The summed E-state index contributed by atoms with van der Waals surface area (Å²) in [5, 5.41) is 7.87. The van der Waals surface area contributed by atoms with Crippen molar-refractivity contribution in [2.45, 2.75) is 29.2 Å². The molecule has 3 N–H and O–H groups in total. The van der Waals surface area contributed by atoms with Gasteiger partial charge in [0.2, 0.25) is 26.0 Å². The van der Waals surface area contributed by atoms with Gasteiger partial charge in [0.15, 0.2) is 0 Å². The number of halogens is 1. The topological polar surface area (TPSA) is 127 Å². The number of carbonyl (C=O) groups excluding carboxylic acids is 1. The summed E-state index contributed by atoms with van der Waals surface area (Å²) in [7, 11) is -7.43. The van der Waals surface area contributed by atoms with E-state index in [1.165, 1.54) is 28.6 Å². The molecule has 1 fully saturated rings. The van der Waals surface area contributed by atoms with Crippen LogP contribution in [0, 0.1) is 5.92 Å². The highest BCUT2D eigenvalue weighted by molar-refractivity contribution is 9.10. The van der Waals surface area contributed by atoms with Gasteiger partial charge in [-0.3, -0.25) is 4.79 Å². The van der Waals surface area contributed by atoms with Crippen LogP contribution in [-0.4, -0.2) is 40.1 Å². The van der Waals surface area contributed by atoms with Crippen LogP contribution >= 0.6 is 15.9 Å². The van der Waals surface area contributed by atoms with Gasteiger partial charge in [0.25, 0.3) is 0 Å². The van der Waals surface area contributed by atoms with E-state index in [0.717, 1.165) is 4.47 Å². The second-order valence-corrected chi connectivity index (χ2v) is 11.5. The number of benzene rings is 2. The van der Waals surface area contributed by atoms with Gasteiger partial charge in [-0.25, -0.2) is 22.0 Å². The van der Waals surface area contributed by atoms with Crippen LogP contribution in [0.3, 0.4) is 0 Å². The Balaban J connectivity index is 1.62. The van der Waals surface area contributed by atoms with E-state index in [9.17, 15) is 21.6 Å². The van der Waals surface area contributed by atoms with Gasteiger partial charge in [0, 0.05) is 24.1 Å². The van der Waals surface area contributed by atoms with Crippen LogP contribution in [0.2, 0.25) is 0 Å². The number of piperidine rings is 1. The van der Waals surface area contributed by atoms with Crippen LogP contribution in [0.4, 0.5) is 0 Å². The molecule has 11 heteroatoms. The summed E-state index contributed by atoms with van der Waals surface area (Å²) in [5.74, 6) is -0.686. The predicted molar refractivity (Wildman–Crippen MR) is 115 cm³/mol. The average molecular weight is 516 g/mol. The smallest absolute Gasteiger partial charge is 0.243 e. The molecule has 2 aromatic rings.